The number of nitrogens with zero attached hydrogens (tertiary/aromatic N) is 3. The molecule has 0 radical (unpaired) electrons. The third kappa shape index (κ3) is 4.51. The van der Waals surface area contributed by atoms with E-state index in [9.17, 15) is 9.59 Å². The first-order valence-corrected chi connectivity index (χ1v) is 9.10. The van der Waals surface area contributed by atoms with E-state index in [1.165, 1.54) is 0 Å². The van der Waals surface area contributed by atoms with Crippen molar-refractivity contribution in [2.45, 2.75) is 25.8 Å². The van der Waals surface area contributed by atoms with Gasteiger partial charge in [-0.2, -0.15) is 0 Å². The topological polar surface area (TPSA) is 55.9 Å². The predicted octanol–water partition coefficient (Wildman–Crippen LogP) is 1.91. The maximum absolute atomic E-state index is 12.3. The fraction of sp³-hybridized carbons (Fsp3) is 0.579. The fourth-order valence-corrected chi connectivity index (χ4v) is 3.71. The van der Waals surface area contributed by atoms with Crippen LogP contribution in [0.1, 0.15) is 24.8 Å². The standard InChI is InChI=1S/C19H28N4O2/c1-21-10-8-16(13-21)14-22(2)19(25)20-12-15-5-3-6-17(11-15)23-9-4-7-18(23)24/h3,5-6,11,16H,4,7-10,12-14H2,1-2H3,(H,20,25)/t16-/m0/s1. The van der Waals surface area contributed by atoms with Gasteiger partial charge in [0.25, 0.3) is 0 Å². The van der Waals surface area contributed by atoms with Gasteiger partial charge in [0.15, 0.2) is 0 Å². The average molecular weight is 344 g/mol. The number of amides is 3. The molecule has 2 aliphatic rings. The summed E-state index contributed by atoms with van der Waals surface area (Å²) in [6, 6.07) is 7.83. The number of rotatable bonds is 5. The normalized spacial score (nSPS) is 21.0. The third-order valence-corrected chi connectivity index (χ3v) is 5.11. The minimum Gasteiger partial charge on any atom is -0.334 e. The molecule has 2 saturated heterocycles. The molecule has 3 rings (SSSR count). The Balaban J connectivity index is 1.50. The molecule has 0 spiro atoms. The van der Waals surface area contributed by atoms with Crippen molar-refractivity contribution < 1.29 is 9.59 Å². The highest BCUT2D eigenvalue weighted by Crippen LogP contribution is 2.22. The predicted molar refractivity (Wildman–Crippen MR) is 98.5 cm³/mol. The Bertz CT molecular complexity index is 634. The zero-order valence-electron chi connectivity index (χ0n) is 15.2. The second kappa shape index (κ2) is 7.87. The highest BCUT2D eigenvalue weighted by molar-refractivity contribution is 5.95. The molecule has 0 bridgehead atoms. The Morgan fingerprint density at radius 1 is 1.36 bits per heavy atom. The van der Waals surface area contributed by atoms with Crippen LogP contribution in [0.3, 0.4) is 0 Å². The second-order valence-electron chi connectivity index (χ2n) is 7.28. The van der Waals surface area contributed by atoms with E-state index in [-0.39, 0.29) is 11.9 Å². The lowest BCUT2D eigenvalue weighted by molar-refractivity contribution is -0.117. The van der Waals surface area contributed by atoms with Gasteiger partial charge in [-0.1, -0.05) is 12.1 Å². The third-order valence-electron chi connectivity index (χ3n) is 5.11. The first kappa shape index (κ1) is 17.7. The van der Waals surface area contributed by atoms with Gasteiger partial charge in [-0.25, -0.2) is 4.79 Å². The van der Waals surface area contributed by atoms with Crippen molar-refractivity contribution in [2.24, 2.45) is 5.92 Å². The van der Waals surface area contributed by atoms with Crippen LogP contribution in [0.2, 0.25) is 0 Å². The van der Waals surface area contributed by atoms with E-state index in [2.05, 4.69) is 17.3 Å². The zero-order valence-corrected chi connectivity index (χ0v) is 15.2. The SMILES string of the molecule is CN1CC[C@H](CN(C)C(=O)NCc2cccc(N3CCCC3=O)c2)C1. The Kier molecular flexibility index (Phi) is 5.58. The fourth-order valence-electron chi connectivity index (χ4n) is 3.71. The van der Waals surface area contributed by atoms with Crippen LogP contribution in [0.25, 0.3) is 0 Å². The lowest BCUT2D eigenvalue weighted by Crippen LogP contribution is -2.40. The van der Waals surface area contributed by atoms with Crippen molar-refractivity contribution in [3.63, 3.8) is 0 Å². The molecule has 0 aliphatic carbocycles. The van der Waals surface area contributed by atoms with Crippen LogP contribution < -0.4 is 10.2 Å². The summed E-state index contributed by atoms with van der Waals surface area (Å²) in [5.74, 6) is 0.743. The van der Waals surface area contributed by atoms with Crippen molar-refractivity contribution >= 4 is 17.6 Å². The Morgan fingerprint density at radius 2 is 2.20 bits per heavy atom. The van der Waals surface area contributed by atoms with Crippen molar-refractivity contribution in [2.75, 3.05) is 45.2 Å². The van der Waals surface area contributed by atoms with Gasteiger partial charge >= 0.3 is 6.03 Å². The molecule has 3 amide bonds. The van der Waals surface area contributed by atoms with Gasteiger partial charge in [-0.3, -0.25) is 4.79 Å². The number of anilines is 1. The van der Waals surface area contributed by atoms with Gasteiger partial charge in [0, 0.05) is 45.3 Å². The van der Waals surface area contributed by atoms with E-state index in [0.717, 1.165) is 50.3 Å². The maximum atomic E-state index is 12.3. The molecule has 1 aromatic rings. The molecule has 6 heteroatoms. The molecule has 25 heavy (non-hydrogen) atoms. The molecule has 1 aromatic carbocycles. The van der Waals surface area contributed by atoms with Crippen molar-refractivity contribution in [3.8, 4) is 0 Å². The number of carbonyl (C=O) groups is 2. The second-order valence-corrected chi connectivity index (χ2v) is 7.28. The van der Waals surface area contributed by atoms with Crippen molar-refractivity contribution in [1.82, 2.24) is 15.1 Å². The van der Waals surface area contributed by atoms with Crippen LogP contribution in [0.4, 0.5) is 10.5 Å². The summed E-state index contributed by atoms with van der Waals surface area (Å²) in [4.78, 5) is 30.1. The summed E-state index contributed by atoms with van der Waals surface area (Å²) in [5.41, 5.74) is 1.94. The summed E-state index contributed by atoms with van der Waals surface area (Å²) in [6.45, 7) is 4.22. The summed E-state index contributed by atoms with van der Waals surface area (Å²) in [7, 11) is 3.98. The van der Waals surface area contributed by atoms with E-state index in [4.69, 9.17) is 0 Å². The number of hydrogen-bond donors (Lipinski definition) is 1. The lowest BCUT2D eigenvalue weighted by atomic mass is 10.1. The molecule has 1 N–H and O–H groups in total. The molecule has 0 saturated carbocycles. The molecule has 2 aliphatic heterocycles. The lowest BCUT2D eigenvalue weighted by Gasteiger charge is -2.22. The van der Waals surface area contributed by atoms with Gasteiger partial charge in [0.2, 0.25) is 5.91 Å². The van der Waals surface area contributed by atoms with Crippen LogP contribution in [-0.2, 0) is 11.3 Å². The Morgan fingerprint density at radius 3 is 2.88 bits per heavy atom. The smallest absolute Gasteiger partial charge is 0.317 e. The minimum absolute atomic E-state index is 0.0443. The molecule has 2 fully saturated rings. The van der Waals surface area contributed by atoms with Crippen LogP contribution in [0, 0.1) is 5.92 Å². The molecular formula is C19H28N4O2. The highest BCUT2D eigenvalue weighted by atomic mass is 16.2. The van der Waals surface area contributed by atoms with Crippen molar-refractivity contribution in [1.29, 1.82) is 0 Å². The van der Waals surface area contributed by atoms with E-state index in [1.807, 2.05) is 36.2 Å². The monoisotopic (exact) mass is 344 g/mol. The number of carbonyl (C=O) groups excluding carboxylic acids is 2. The van der Waals surface area contributed by atoms with E-state index in [1.54, 1.807) is 4.90 Å². The number of benzene rings is 1. The Labute approximate surface area is 149 Å². The van der Waals surface area contributed by atoms with E-state index in [0.29, 0.717) is 18.9 Å². The molecule has 0 aromatic heterocycles. The van der Waals surface area contributed by atoms with Crippen LogP contribution in [0.5, 0.6) is 0 Å². The number of hydrogen-bond acceptors (Lipinski definition) is 3. The number of likely N-dealkylation sites (tertiary alicyclic amines) is 1. The zero-order chi connectivity index (χ0) is 17.8. The Hall–Kier alpha value is -2.08. The first-order chi connectivity index (χ1) is 12.0. The van der Waals surface area contributed by atoms with Gasteiger partial charge < -0.3 is 20.0 Å². The maximum Gasteiger partial charge on any atom is 0.317 e. The number of nitrogens with one attached hydrogen (secondary N) is 1. The van der Waals surface area contributed by atoms with Crippen molar-refractivity contribution in [3.05, 3.63) is 29.8 Å². The highest BCUT2D eigenvalue weighted by Gasteiger charge is 2.23. The van der Waals surface area contributed by atoms with Crippen LogP contribution in [0.15, 0.2) is 24.3 Å². The molecule has 0 unspecified atom stereocenters. The quantitative estimate of drug-likeness (QED) is 0.888. The van der Waals surface area contributed by atoms with Gasteiger partial charge in [0.05, 0.1) is 0 Å². The van der Waals surface area contributed by atoms with Crippen LogP contribution >= 0.6 is 0 Å². The van der Waals surface area contributed by atoms with Crippen LogP contribution in [-0.4, -0.2) is 62.0 Å². The average Bonchev–Trinajstić information content (AvgIpc) is 3.21. The van der Waals surface area contributed by atoms with E-state index < -0.39 is 0 Å². The molecule has 136 valence electrons. The summed E-state index contributed by atoms with van der Waals surface area (Å²) < 4.78 is 0. The summed E-state index contributed by atoms with van der Waals surface area (Å²) in [5, 5.41) is 2.98. The molecular weight excluding hydrogens is 316 g/mol. The largest absolute Gasteiger partial charge is 0.334 e. The summed E-state index contributed by atoms with van der Waals surface area (Å²) >= 11 is 0. The van der Waals surface area contributed by atoms with E-state index >= 15 is 0 Å². The first-order valence-electron chi connectivity index (χ1n) is 9.10. The minimum atomic E-state index is -0.0443. The summed E-state index contributed by atoms with van der Waals surface area (Å²) in [6.07, 6.45) is 2.70. The van der Waals surface area contributed by atoms with Gasteiger partial charge in [0.1, 0.15) is 0 Å². The van der Waals surface area contributed by atoms with Gasteiger partial charge in [-0.05, 0) is 50.0 Å². The molecule has 2 heterocycles. The molecule has 6 nitrogen and oxygen atoms in total. The number of urea groups is 1. The van der Waals surface area contributed by atoms with Gasteiger partial charge in [-0.15, -0.1) is 0 Å². The molecule has 1 atom stereocenters.